The summed E-state index contributed by atoms with van der Waals surface area (Å²) in [4.78, 5) is 23.9. The highest BCUT2D eigenvalue weighted by Gasteiger charge is 2.39. The number of rotatable bonds is 3. The van der Waals surface area contributed by atoms with Gasteiger partial charge in [-0.05, 0) is 0 Å². The topological polar surface area (TPSA) is 59.2 Å². The van der Waals surface area contributed by atoms with E-state index < -0.39 is 41.7 Å². The van der Waals surface area contributed by atoms with Gasteiger partial charge in [0.25, 0.3) is 6.43 Å². The summed E-state index contributed by atoms with van der Waals surface area (Å²) in [7, 11) is 1.01. The molecule has 1 aromatic rings. The highest BCUT2D eigenvalue weighted by Crippen LogP contribution is 2.33. The number of carbonyl (C=O) groups is 1. The fourth-order valence-corrected chi connectivity index (χ4v) is 1.41. The van der Waals surface area contributed by atoms with Gasteiger partial charge >= 0.3 is 12.1 Å². The number of alkyl halides is 5. The predicted octanol–water partition coefficient (Wildman–Crippen LogP) is 2.05. The van der Waals surface area contributed by atoms with Crippen LogP contribution in [0.15, 0.2) is 10.9 Å². The Kier molecular flexibility index (Phi) is 4.28. The molecule has 0 atom stereocenters. The SMILES string of the molecule is COC(=O)Cc1cc(=O)c(C(F)(F)F)c(C(F)F)[nH]1. The molecule has 4 nitrogen and oxygen atoms in total. The number of ether oxygens (including phenoxy) is 1. The average Bonchev–Trinajstić information content (AvgIpc) is 2.25. The van der Waals surface area contributed by atoms with E-state index in [1.807, 2.05) is 0 Å². The molecule has 0 aromatic carbocycles. The maximum Gasteiger partial charge on any atom is 0.422 e. The first kappa shape index (κ1) is 15.1. The van der Waals surface area contributed by atoms with Crippen molar-refractivity contribution in [2.45, 2.75) is 19.0 Å². The van der Waals surface area contributed by atoms with E-state index >= 15 is 0 Å². The van der Waals surface area contributed by atoms with Crippen molar-refractivity contribution in [1.82, 2.24) is 4.98 Å². The summed E-state index contributed by atoms with van der Waals surface area (Å²) in [5, 5.41) is 0. The second-order valence-corrected chi connectivity index (χ2v) is 3.50. The number of pyridine rings is 1. The van der Waals surface area contributed by atoms with Crippen LogP contribution < -0.4 is 5.43 Å². The molecule has 9 heteroatoms. The maximum atomic E-state index is 12.6. The molecule has 0 amide bonds. The van der Waals surface area contributed by atoms with Crippen molar-refractivity contribution in [3.8, 4) is 0 Å². The summed E-state index contributed by atoms with van der Waals surface area (Å²) in [6, 6.07) is 0.450. The van der Waals surface area contributed by atoms with Crippen LogP contribution in [0.4, 0.5) is 22.0 Å². The Balaban J connectivity index is 3.38. The van der Waals surface area contributed by atoms with Gasteiger partial charge in [-0.15, -0.1) is 0 Å². The van der Waals surface area contributed by atoms with E-state index in [2.05, 4.69) is 4.74 Å². The zero-order valence-electron chi connectivity index (χ0n) is 9.48. The molecule has 0 aliphatic heterocycles. The summed E-state index contributed by atoms with van der Waals surface area (Å²) in [6.45, 7) is 0. The van der Waals surface area contributed by atoms with Crippen LogP contribution >= 0.6 is 0 Å². The lowest BCUT2D eigenvalue weighted by Crippen LogP contribution is -2.25. The Morgan fingerprint density at radius 3 is 2.42 bits per heavy atom. The highest BCUT2D eigenvalue weighted by molar-refractivity contribution is 5.71. The summed E-state index contributed by atoms with van der Waals surface area (Å²) in [6.07, 6.45) is -9.34. The molecule has 0 spiro atoms. The third-order valence-electron chi connectivity index (χ3n) is 2.18. The minimum Gasteiger partial charge on any atom is -0.469 e. The lowest BCUT2D eigenvalue weighted by atomic mass is 10.1. The summed E-state index contributed by atoms with van der Waals surface area (Å²) in [5.41, 5.74) is -5.52. The predicted molar refractivity (Wildman–Crippen MR) is 52.7 cm³/mol. The lowest BCUT2D eigenvalue weighted by molar-refractivity contribution is -0.140. The van der Waals surface area contributed by atoms with Gasteiger partial charge in [-0.2, -0.15) is 13.2 Å². The molecule has 1 aromatic heterocycles. The van der Waals surface area contributed by atoms with Crippen LogP contribution in [0.5, 0.6) is 0 Å². The van der Waals surface area contributed by atoms with Crippen LogP contribution in [-0.2, 0) is 22.1 Å². The molecule has 1 heterocycles. The normalized spacial score (nSPS) is 11.7. The molecule has 0 bridgehead atoms. The van der Waals surface area contributed by atoms with Crippen molar-refractivity contribution in [3.05, 3.63) is 33.2 Å². The molecule has 0 saturated heterocycles. The van der Waals surface area contributed by atoms with Crippen LogP contribution in [0.1, 0.15) is 23.4 Å². The fourth-order valence-electron chi connectivity index (χ4n) is 1.41. The molecule has 0 saturated carbocycles. The minimum atomic E-state index is -5.21. The van der Waals surface area contributed by atoms with E-state index in [1.54, 1.807) is 4.98 Å². The van der Waals surface area contributed by atoms with Gasteiger partial charge < -0.3 is 9.72 Å². The second kappa shape index (κ2) is 5.37. The lowest BCUT2D eigenvalue weighted by Gasteiger charge is -2.13. The first-order valence-corrected chi connectivity index (χ1v) is 4.85. The Bertz CT molecular complexity index is 535. The maximum absolute atomic E-state index is 12.6. The first-order chi connectivity index (χ1) is 8.66. The largest absolute Gasteiger partial charge is 0.469 e. The van der Waals surface area contributed by atoms with E-state index in [0.29, 0.717) is 6.07 Å². The smallest absolute Gasteiger partial charge is 0.422 e. The number of aromatic amines is 1. The third kappa shape index (κ3) is 3.52. The van der Waals surface area contributed by atoms with Crippen LogP contribution in [-0.4, -0.2) is 18.1 Å². The molecule has 0 radical (unpaired) electrons. The highest BCUT2D eigenvalue weighted by atomic mass is 19.4. The molecule has 0 aliphatic rings. The Labute approximate surface area is 103 Å². The number of esters is 1. The number of hydrogen-bond donors (Lipinski definition) is 1. The van der Waals surface area contributed by atoms with Gasteiger partial charge in [-0.25, -0.2) is 8.78 Å². The van der Waals surface area contributed by atoms with Gasteiger partial charge in [0, 0.05) is 11.8 Å². The van der Waals surface area contributed by atoms with Gasteiger partial charge in [-0.3, -0.25) is 9.59 Å². The molecule has 1 rings (SSSR count). The number of nitrogens with one attached hydrogen (secondary N) is 1. The first-order valence-electron chi connectivity index (χ1n) is 4.85. The molecule has 0 fully saturated rings. The Hall–Kier alpha value is -1.93. The monoisotopic (exact) mass is 285 g/mol. The van der Waals surface area contributed by atoms with Gasteiger partial charge in [0.1, 0.15) is 5.56 Å². The second-order valence-electron chi connectivity index (χ2n) is 3.50. The van der Waals surface area contributed by atoms with Gasteiger partial charge in [0.15, 0.2) is 5.43 Å². The molecule has 0 unspecified atom stereocenters. The van der Waals surface area contributed by atoms with Gasteiger partial charge in [0.05, 0.1) is 19.2 Å². The van der Waals surface area contributed by atoms with Crippen molar-refractivity contribution in [2.75, 3.05) is 7.11 Å². The van der Waals surface area contributed by atoms with Crippen molar-refractivity contribution in [3.63, 3.8) is 0 Å². The Morgan fingerprint density at radius 2 is 2.00 bits per heavy atom. The zero-order valence-corrected chi connectivity index (χ0v) is 9.48. The van der Waals surface area contributed by atoms with E-state index in [4.69, 9.17) is 0 Å². The Morgan fingerprint density at radius 1 is 1.42 bits per heavy atom. The minimum absolute atomic E-state index is 0.375. The zero-order chi connectivity index (χ0) is 14.8. The average molecular weight is 285 g/mol. The van der Waals surface area contributed by atoms with Gasteiger partial charge in [0.2, 0.25) is 0 Å². The molecule has 106 valence electrons. The molecule has 1 N–H and O–H groups in total. The number of H-pyrrole nitrogens is 1. The van der Waals surface area contributed by atoms with Crippen molar-refractivity contribution in [1.29, 1.82) is 0 Å². The van der Waals surface area contributed by atoms with Crippen LogP contribution in [0.3, 0.4) is 0 Å². The number of carbonyl (C=O) groups excluding carboxylic acids is 1. The van der Waals surface area contributed by atoms with Crippen LogP contribution in [0, 0.1) is 0 Å². The van der Waals surface area contributed by atoms with E-state index in [1.165, 1.54) is 0 Å². The van der Waals surface area contributed by atoms with E-state index in [0.717, 1.165) is 7.11 Å². The summed E-state index contributed by atoms with van der Waals surface area (Å²) in [5.74, 6) is -0.879. The van der Waals surface area contributed by atoms with Crippen molar-refractivity contribution >= 4 is 5.97 Å². The quantitative estimate of drug-likeness (QED) is 0.683. The fraction of sp³-hybridized carbons (Fsp3) is 0.400. The molecule has 19 heavy (non-hydrogen) atoms. The van der Waals surface area contributed by atoms with E-state index in [-0.39, 0.29) is 5.69 Å². The van der Waals surface area contributed by atoms with Crippen molar-refractivity contribution < 1.29 is 31.5 Å². The number of aromatic nitrogens is 1. The molecular formula is C10H8F5NO3. The van der Waals surface area contributed by atoms with Gasteiger partial charge in [-0.1, -0.05) is 0 Å². The van der Waals surface area contributed by atoms with Crippen LogP contribution in [0.2, 0.25) is 0 Å². The number of halogens is 5. The summed E-state index contributed by atoms with van der Waals surface area (Å²) >= 11 is 0. The van der Waals surface area contributed by atoms with E-state index in [9.17, 15) is 31.5 Å². The molecule has 0 aliphatic carbocycles. The third-order valence-corrected chi connectivity index (χ3v) is 2.18. The van der Waals surface area contributed by atoms with Crippen LogP contribution in [0.25, 0.3) is 0 Å². The summed E-state index contributed by atoms with van der Waals surface area (Å²) < 4.78 is 66.8. The standard InChI is InChI=1S/C10H8F5NO3/c1-19-6(18)3-4-2-5(17)7(10(13,14)15)8(16-4)9(11)12/h2,9H,3H2,1H3,(H,16,17). The van der Waals surface area contributed by atoms with Crippen molar-refractivity contribution in [2.24, 2.45) is 0 Å². The number of methoxy groups -OCH3 is 1. The molecular weight excluding hydrogens is 277 g/mol. The number of hydrogen-bond acceptors (Lipinski definition) is 3.